The number of aromatic amines is 1. The second-order valence-electron chi connectivity index (χ2n) is 8.19. The Balaban J connectivity index is 1.62. The number of carbonyl (C=O) groups is 1. The van der Waals surface area contributed by atoms with Gasteiger partial charge in [-0.2, -0.15) is 0 Å². The summed E-state index contributed by atoms with van der Waals surface area (Å²) < 4.78 is 10.8. The largest absolute Gasteiger partial charge is 0.493 e. The Bertz CT molecular complexity index is 1290. The lowest BCUT2D eigenvalue weighted by Crippen LogP contribution is -2.40. The van der Waals surface area contributed by atoms with Crippen LogP contribution >= 0.6 is 0 Å². The van der Waals surface area contributed by atoms with Crippen molar-refractivity contribution in [3.05, 3.63) is 94.7 Å². The van der Waals surface area contributed by atoms with E-state index in [9.17, 15) is 4.79 Å². The van der Waals surface area contributed by atoms with Gasteiger partial charge in [0.1, 0.15) is 0 Å². The van der Waals surface area contributed by atoms with Gasteiger partial charge in [0.15, 0.2) is 11.5 Å². The highest BCUT2D eigenvalue weighted by Gasteiger charge is 2.35. The van der Waals surface area contributed by atoms with Crippen molar-refractivity contribution >= 4 is 16.8 Å². The average Bonchev–Trinajstić information content (AvgIpc) is 3.22. The van der Waals surface area contributed by atoms with Crippen molar-refractivity contribution in [2.24, 2.45) is 0 Å². The van der Waals surface area contributed by atoms with E-state index in [4.69, 9.17) is 9.47 Å². The van der Waals surface area contributed by atoms with Gasteiger partial charge in [-0.3, -0.25) is 4.79 Å². The van der Waals surface area contributed by atoms with Crippen molar-refractivity contribution in [3.63, 3.8) is 0 Å². The summed E-state index contributed by atoms with van der Waals surface area (Å²) in [4.78, 5) is 19.3. The first kappa shape index (κ1) is 20.2. The number of nitrogens with zero attached hydrogens (tertiary/aromatic N) is 1. The number of ether oxygens (including phenoxy) is 2. The summed E-state index contributed by atoms with van der Waals surface area (Å²) in [5.41, 5.74) is 6.36. The topological polar surface area (TPSA) is 54.6 Å². The van der Waals surface area contributed by atoms with E-state index in [-0.39, 0.29) is 11.9 Å². The van der Waals surface area contributed by atoms with Gasteiger partial charge >= 0.3 is 0 Å². The predicted molar refractivity (Wildman–Crippen MR) is 126 cm³/mol. The molecule has 5 nitrogen and oxygen atoms in total. The zero-order valence-corrected chi connectivity index (χ0v) is 18.5. The normalized spacial score (nSPS) is 15.5. The standard InChI is InChI=1S/C27H26N2O3/c1-17-8-10-18(11-9-17)26-25-21(20-6-4-5-7-22(20)28-25)14-15-29(26)27(30)19-12-13-23(31-2)24(16-19)32-3/h4-13,16,26,28H,14-15H2,1-3H3. The summed E-state index contributed by atoms with van der Waals surface area (Å²) in [5, 5.41) is 1.23. The second-order valence-corrected chi connectivity index (χ2v) is 8.19. The van der Waals surface area contributed by atoms with Gasteiger partial charge in [0, 0.05) is 28.7 Å². The van der Waals surface area contributed by atoms with Crippen LogP contribution in [0.25, 0.3) is 10.9 Å². The number of fused-ring (bicyclic) bond motifs is 3. The van der Waals surface area contributed by atoms with Gasteiger partial charge in [-0.05, 0) is 48.7 Å². The van der Waals surface area contributed by atoms with Crippen molar-refractivity contribution in [3.8, 4) is 11.5 Å². The molecule has 3 aromatic carbocycles. The maximum absolute atomic E-state index is 13.8. The van der Waals surface area contributed by atoms with Crippen LogP contribution in [0, 0.1) is 6.92 Å². The van der Waals surface area contributed by atoms with E-state index in [1.54, 1.807) is 32.4 Å². The fourth-order valence-electron chi connectivity index (χ4n) is 4.69. The van der Waals surface area contributed by atoms with Crippen LogP contribution in [0.4, 0.5) is 0 Å². The summed E-state index contributed by atoms with van der Waals surface area (Å²) in [6.07, 6.45) is 0.806. The average molecular weight is 427 g/mol. The lowest BCUT2D eigenvalue weighted by molar-refractivity contribution is 0.0691. The molecule has 0 fully saturated rings. The molecule has 1 atom stereocenters. The smallest absolute Gasteiger partial charge is 0.254 e. The number of methoxy groups -OCH3 is 2. The van der Waals surface area contributed by atoms with E-state index in [1.165, 1.54) is 16.5 Å². The minimum Gasteiger partial charge on any atom is -0.493 e. The highest BCUT2D eigenvalue weighted by atomic mass is 16.5. The van der Waals surface area contributed by atoms with Gasteiger partial charge in [-0.25, -0.2) is 0 Å². The first-order chi connectivity index (χ1) is 15.6. The van der Waals surface area contributed by atoms with Crippen LogP contribution in [-0.4, -0.2) is 36.6 Å². The van der Waals surface area contributed by atoms with Gasteiger partial charge < -0.3 is 19.4 Å². The molecule has 0 radical (unpaired) electrons. The predicted octanol–water partition coefficient (Wildman–Crippen LogP) is 5.28. The minimum atomic E-state index is -0.188. The van der Waals surface area contributed by atoms with Crippen molar-refractivity contribution in [1.29, 1.82) is 0 Å². The Morgan fingerprint density at radius 3 is 2.47 bits per heavy atom. The number of aryl methyl sites for hydroxylation is 1. The van der Waals surface area contributed by atoms with E-state index in [2.05, 4.69) is 54.4 Å². The van der Waals surface area contributed by atoms with Crippen LogP contribution in [0.1, 0.15) is 38.8 Å². The molecule has 162 valence electrons. The molecule has 2 heterocycles. The number of benzene rings is 3. The molecule has 1 amide bonds. The summed E-state index contributed by atoms with van der Waals surface area (Å²) in [6, 6.07) is 22.0. The summed E-state index contributed by atoms with van der Waals surface area (Å²) >= 11 is 0. The Morgan fingerprint density at radius 1 is 0.969 bits per heavy atom. The molecule has 0 bridgehead atoms. The zero-order chi connectivity index (χ0) is 22.2. The van der Waals surface area contributed by atoms with E-state index in [0.29, 0.717) is 23.6 Å². The Hall–Kier alpha value is -3.73. The third-order valence-corrected chi connectivity index (χ3v) is 6.32. The Labute approximate surface area is 187 Å². The molecule has 0 saturated carbocycles. The monoisotopic (exact) mass is 426 g/mol. The summed E-state index contributed by atoms with van der Waals surface area (Å²) in [7, 11) is 3.17. The molecule has 1 aliphatic heterocycles. The number of rotatable bonds is 4. The second kappa shape index (κ2) is 8.08. The fraction of sp³-hybridized carbons (Fsp3) is 0.222. The van der Waals surface area contributed by atoms with Crippen LogP contribution in [-0.2, 0) is 6.42 Å². The van der Waals surface area contributed by atoms with Crippen LogP contribution in [0.15, 0.2) is 66.7 Å². The van der Waals surface area contributed by atoms with Crippen LogP contribution in [0.2, 0.25) is 0 Å². The zero-order valence-electron chi connectivity index (χ0n) is 18.5. The molecule has 4 aromatic rings. The van der Waals surface area contributed by atoms with E-state index >= 15 is 0 Å². The van der Waals surface area contributed by atoms with Crippen molar-refractivity contribution in [2.75, 3.05) is 20.8 Å². The number of carbonyl (C=O) groups excluding carboxylic acids is 1. The summed E-state index contributed by atoms with van der Waals surface area (Å²) in [5.74, 6) is 1.13. The number of para-hydroxylation sites is 1. The Morgan fingerprint density at radius 2 is 1.72 bits per heavy atom. The number of amides is 1. The van der Waals surface area contributed by atoms with Crippen molar-refractivity contribution in [1.82, 2.24) is 9.88 Å². The molecular formula is C27H26N2O3. The molecular weight excluding hydrogens is 400 g/mol. The highest BCUT2D eigenvalue weighted by Crippen LogP contribution is 2.39. The van der Waals surface area contributed by atoms with Crippen molar-refractivity contribution in [2.45, 2.75) is 19.4 Å². The van der Waals surface area contributed by atoms with Crippen LogP contribution in [0.3, 0.4) is 0 Å². The summed E-state index contributed by atoms with van der Waals surface area (Å²) in [6.45, 7) is 2.71. The molecule has 32 heavy (non-hydrogen) atoms. The number of aromatic nitrogens is 1. The molecule has 0 aliphatic carbocycles. The lowest BCUT2D eigenvalue weighted by atomic mass is 9.91. The van der Waals surface area contributed by atoms with E-state index in [0.717, 1.165) is 23.2 Å². The third kappa shape index (κ3) is 3.30. The molecule has 0 spiro atoms. The molecule has 5 rings (SSSR count). The molecule has 1 aromatic heterocycles. The van der Waals surface area contributed by atoms with E-state index < -0.39 is 0 Å². The first-order valence-corrected chi connectivity index (χ1v) is 10.8. The molecule has 1 unspecified atom stereocenters. The minimum absolute atomic E-state index is 0.0270. The third-order valence-electron chi connectivity index (χ3n) is 6.32. The van der Waals surface area contributed by atoms with Crippen LogP contribution < -0.4 is 9.47 Å². The van der Waals surface area contributed by atoms with Gasteiger partial charge in [0.2, 0.25) is 0 Å². The number of H-pyrrole nitrogens is 1. The maximum Gasteiger partial charge on any atom is 0.254 e. The number of nitrogens with one attached hydrogen (secondary N) is 1. The highest BCUT2D eigenvalue weighted by molar-refractivity contribution is 5.96. The van der Waals surface area contributed by atoms with Crippen LogP contribution in [0.5, 0.6) is 11.5 Å². The van der Waals surface area contributed by atoms with Gasteiger partial charge in [-0.1, -0.05) is 48.0 Å². The van der Waals surface area contributed by atoms with Gasteiger partial charge in [0.25, 0.3) is 5.91 Å². The molecule has 1 N–H and O–H groups in total. The quantitative estimate of drug-likeness (QED) is 0.483. The first-order valence-electron chi connectivity index (χ1n) is 10.8. The SMILES string of the molecule is COc1ccc(C(=O)N2CCc3c([nH]c4ccccc34)C2c2ccc(C)cc2)cc1OC. The van der Waals surface area contributed by atoms with Gasteiger partial charge in [-0.15, -0.1) is 0 Å². The lowest BCUT2D eigenvalue weighted by Gasteiger charge is -2.36. The van der Waals surface area contributed by atoms with E-state index in [1.807, 2.05) is 11.0 Å². The molecule has 5 heteroatoms. The fourth-order valence-corrected chi connectivity index (χ4v) is 4.69. The maximum atomic E-state index is 13.8. The van der Waals surface area contributed by atoms with Crippen molar-refractivity contribution < 1.29 is 14.3 Å². The number of hydrogen-bond acceptors (Lipinski definition) is 3. The molecule has 1 aliphatic rings. The Kier molecular flexibility index (Phi) is 5.10. The number of hydrogen-bond donors (Lipinski definition) is 1. The van der Waals surface area contributed by atoms with Gasteiger partial charge in [0.05, 0.1) is 20.3 Å². The molecule has 0 saturated heterocycles.